The smallest absolute Gasteiger partial charge is 0.254 e. The molecule has 0 bridgehead atoms. The summed E-state index contributed by atoms with van der Waals surface area (Å²) in [6, 6.07) is 13.1. The SMILES string of the molecule is C[C@H](CC(=N)C1CCC1)N1CCc2cc(-c3ccc(C(=O)NCCF)cc3)ccc2C1=O. The Morgan fingerprint density at radius 1 is 1.19 bits per heavy atom. The molecular formula is C26H30FN3O2. The van der Waals surface area contributed by atoms with Crippen molar-refractivity contribution in [3.05, 3.63) is 59.2 Å². The molecule has 0 saturated heterocycles. The number of carbonyl (C=O) groups is 2. The van der Waals surface area contributed by atoms with E-state index in [2.05, 4.69) is 18.3 Å². The van der Waals surface area contributed by atoms with Gasteiger partial charge >= 0.3 is 0 Å². The summed E-state index contributed by atoms with van der Waals surface area (Å²) in [7, 11) is 0. The van der Waals surface area contributed by atoms with E-state index in [0.29, 0.717) is 24.4 Å². The number of nitrogens with one attached hydrogen (secondary N) is 2. The van der Waals surface area contributed by atoms with Crippen LogP contribution in [0.5, 0.6) is 0 Å². The first-order valence-corrected chi connectivity index (χ1v) is 11.4. The van der Waals surface area contributed by atoms with Crippen LogP contribution in [-0.2, 0) is 6.42 Å². The fourth-order valence-electron chi connectivity index (χ4n) is 4.54. The second-order valence-electron chi connectivity index (χ2n) is 8.85. The predicted octanol–water partition coefficient (Wildman–Crippen LogP) is 4.65. The van der Waals surface area contributed by atoms with Crippen LogP contribution in [0.25, 0.3) is 11.1 Å². The standard InChI is InChI=1S/C26H30FN3O2/c1-17(15-24(28)19-3-2-4-19)30-14-11-22-16-21(9-10-23(22)26(30)32)18-5-7-20(8-6-18)25(31)29-13-12-27/h5-10,16-17,19,28H,2-4,11-15H2,1H3,(H,29,31)/t17-/m1/s1. The molecule has 2 aliphatic rings. The number of nitrogens with zero attached hydrogens (tertiary/aromatic N) is 1. The molecule has 1 heterocycles. The number of benzene rings is 2. The van der Waals surface area contributed by atoms with Crippen LogP contribution in [0.1, 0.15) is 58.9 Å². The van der Waals surface area contributed by atoms with Gasteiger partial charge < -0.3 is 15.6 Å². The van der Waals surface area contributed by atoms with E-state index < -0.39 is 6.67 Å². The van der Waals surface area contributed by atoms with E-state index in [9.17, 15) is 14.0 Å². The third kappa shape index (κ3) is 4.59. The maximum Gasteiger partial charge on any atom is 0.254 e. The monoisotopic (exact) mass is 435 g/mol. The van der Waals surface area contributed by atoms with E-state index in [1.54, 1.807) is 12.1 Å². The molecule has 2 N–H and O–H groups in total. The third-order valence-corrected chi connectivity index (χ3v) is 6.72. The molecule has 5 nitrogen and oxygen atoms in total. The maximum absolute atomic E-state index is 13.1. The minimum atomic E-state index is -0.586. The molecule has 1 fully saturated rings. The van der Waals surface area contributed by atoms with Crippen molar-refractivity contribution in [3.63, 3.8) is 0 Å². The Balaban J connectivity index is 1.45. The van der Waals surface area contributed by atoms with Gasteiger partial charge in [-0.1, -0.05) is 30.7 Å². The summed E-state index contributed by atoms with van der Waals surface area (Å²) in [5.41, 5.74) is 5.03. The highest BCUT2D eigenvalue weighted by molar-refractivity contribution is 5.98. The number of hydrogen-bond acceptors (Lipinski definition) is 3. The Hall–Kier alpha value is -3.02. The van der Waals surface area contributed by atoms with E-state index in [0.717, 1.165) is 47.2 Å². The Morgan fingerprint density at radius 2 is 1.91 bits per heavy atom. The van der Waals surface area contributed by atoms with Crippen molar-refractivity contribution in [2.45, 2.75) is 45.1 Å². The van der Waals surface area contributed by atoms with Gasteiger partial charge in [-0.15, -0.1) is 0 Å². The van der Waals surface area contributed by atoms with Crippen LogP contribution in [0, 0.1) is 11.3 Å². The highest BCUT2D eigenvalue weighted by Crippen LogP contribution is 2.31. The molecule has 1 aliphatic heterocycles. The zero-order valence-electron chi connectivity index (χ0n) is 18.5. The van der Waals surface area contributed by atoms with Gasteiger partial charge in [0.25, 0.3) is 11.8 Å². The van der Waals surface area contributed by atoms with Crippen molar-refractivity contribution < 1.29 is 14.0 Å². The largest absolute Gasteiger partial charge is 0.349 e. The lowest BCUT2D eigenvalue weighted by atomic mass is 9.79. The molecule has 1 aliphatic carbocycles. The van der Waals surface area contributed by atoms with Crippen LogP contribution in [0.2, 0.25) is 0 Å². The van der Waals surface area contributed by atoms with Gasteiger partial charge in [0.2, 0.25) is 0 Å². The summed E-state index contributed by atoms with van der Waals surface area (Å²) < 4.78 is 12.2. The van der Waals surface area contributed by atoms with Gasteiger partial charge in [0.05, 0.1) is 0 Å². The van der Waals surface area contributed by atoms with Crippen LogP contribution >= 0.6 is 0 Å². The molecule has 2 aromatic rings. The fourth-order valence-corrected chi connectivity index (χ4v) is 4.54. The Morgan fingerprint density at radius 3 is 2.56 bits per heavy atom. The van der Waals surface area contributed by atoms with Crippen molar-refractivity contribution in [1.82, 2.24) is 10.2 Å². The molecule has 0 aromatic heterocycles. The van der Waals surface area contributed by atoms with E-state index in [1.807, 2.05) is 29.2 Å². The normalized spacial score (nSPS) is 16.8. The lowest BCUT2D eigenvalue weighted by Gasteiger charge is -2.36. The van der Waals surface area contributed by atoms with E-state index >= 15 is 0 Å². The van der Waals surface area contributed by atoms with E-state index in [4.69, 9.17) is 5.41 Å². The number of fused-ring (bicyclic) bond motifs is 1. The molecule has 0 unspecified atom stereocenters. The second-order valence-corrected chi connectivity index (χ2v) is 8.85. The summed E-state index contributed by atoms with van der Waals surface area (Å²) in [5.74, 6) is 0.185. The molecule has 168 valence electrons. The Kier molecular flexibility index (Phi) is 6.68. The summed E-state index contributed by atoms with van der Waals surface area (Å²) in [4.78, 5) is 27.0. The molecule has 4 rings (SSSR count). The van der Waals surface area contributed by atoms with Crippen LogP contribution in [-0.4, -0.2) is 48.2 Å². The highest BCUT2D eigenvalue weighted by Gasteiger charge is 2.30. The van der Waals surface area contributed by atoms with Crippen molar-refractivity contribution in [3.8, 4) is 11.1 Å². The van der Waals surface area contributed by atoms with E-state index in [1.165, 1.54) is 6.42 Å². The van der Waals surface area contributed by atoms with Gasteiger partial charge in [0, 0.05) is 42.4 Å². The maximum atomic E-state index is 13.1. The summed E-state index contributed by atoms with van der Waals surface area (Å²) in [6.45, 7) is 2.14. The summed E-state index contributed by atoms with van der Waals surface area (Å²) in [6.07, 6.45) is 4.91. The van der Waals surface area contributed by atoms with Gasteiger partial charge in [-0.25, -0.2) is 4.39 Å². The number of carbonyl (C=O) groups excluding carboxylic acids is 2. The lowest BCUT2D eigenvalue weighted by molar-refractivity contribution is 0.0678. The lowest BCUT2D eigenvalue weighted by Crippen LogP contribution is -2.44. The van der Waals surface area contributed by atoms with E-state index in [-0.39, 0.29) is 24.4 Å². The first-order chi connectivity index (χ1) is 15.5. The van der Waals surface area contributed by atoms with Gasteiger partial charge in [-0.2, -0.15) is 0 Å². The molecule has 1 saturated carbocycles. The quantitative estimate of drug-likeness (QED) is 0.593. The number of halogens is 1. The average molecular weight is 436 g/mol. The number of amides is 2. The van der Waals surface area contributed by atoms with Crippen molar-refractivity contribution >= 4 is 17.5 Å². The second kappa shape index (κ2) is 9.63. The van der Waals surface area contributed by atoms with Crippen LogP contribution in [0.3, 0.4) is 0 Å². The minimum absolute atomic E-state index is 0.0107. The zero-order chi connectivity index (χ0) is 22.7. The topological polar surface area (TPSA) is 73.3 Å². The molecular weight excluding hydrogens is 405 g/mol. The Bertz CT molecular complexity index is 1010. The third-order valence-electron chi connectivity index (χ3n) is 6.72. The highest BCUT2D eigenvalue weighted by atomic mass is 19.1. The fraction of sp³-hybridized carbons (Fsp3) is 0.423. The number of hydrogen-bond donors (Lipinski definition) is 2. The summed E-state index contributed by atoms with van der Waals surface area (Å²) >= 11 is 0. The predicted molar refractivity (Wildman–Crippen MR) is 124 cm³/mol. The van der Waals surface area contributed by atoms with Gasteiger partial charge in [0.15, 0.2) is 0 Å². The molecule has 0 radical (unpaired) electrons. The molecule has 1 atom stereocenters. The van der Waals surface area contributed by atoms with Crippen LogP contribution in [0.15, 0.2) is 42.5 Å². The first-order valence-electron chi connectivity index (χ1n) is 11.4. The molecule has 6 heteroatoms. The number of alkyl halides is 1. The Labute approximate surface area is 188 Å². The average Bonchev–Trinajstić information content (AvgIpc) is 2.76. The van der Waals surface area contributed by atoms with Crippen LogP contribution < -0.4 is 5.32 Å². The molecule has 2 aromatic carbocycles. The van der Waals surface area contributed by atoms with Crippen molar-refractivity contribution in [1.29, 1.82) is 5.41 Å². The van der Waals surface area contributed by atoms with Crippen molar-refractivity contribution in [2.24, 2.45) is 5.92 Å². The summed E-state index contributed by atoms with van der Waals surface area (Å²) in [5, 5.41) is 10.8. The number of rotatable bonds is 8. The minimum Gasteiger partial charge on any atom is -0.349 e. The molecule has 0 spiro atoms. The zero-order valence-corrected chi connectivity index (χ0v) is 18.5. The molecule has 32 heavy (non-hydrogen) atoms. The van der Waals surface area contributed by atoms with Gasteiger partial charge in [0.1, 0.15) is 6.67 Å². The van der Waals surface area contributed by atoms with Gasteiger partial charge in [-0.05, 0) is 67.0 Å². The first kappa shape index (κ1) is 22.2. The van der Waals surface area contributed by atoms with Gasteiger partial charge in [-0.3, -0.25) is 9.59 Å². The molecule has 2 amide bonds. The van der Waals surface area contributed by atoms with Crippen LogP contribution in [0.4, 0.5) is 4.39 Å². The van der Waals surface area contributed by atoms with Crippen molar-refractivity contribution in [2.75, 3.05) is 19.8 Å².